The number of benzene rings is 4. The number of aromatic nitrogens is 1. The van der Waals surface area contributed by atoms with Gasteiger partial charge in [0.15, 0.2) is 12.4 Å². The summed E-state index contributed by atoms with van der Waals surface area (Å²) in [5.74, 6) is -1.16. The van der Waals surface area contributed by atoms with Gasteiger partial charge in [0.2, 0.25) is 0 Å². The maximum absolute atomic E-state index is 13.5. The first kappa shape index (κ1) is 28.9. The van der Waals surface area contributed by atoms with Crippen molar-refractivity contribution in [2.45, 2.75) is 13.3 Å². The van der Waals surface area contributed by atoms with Gasteiger partial charge in [-0.3, -0.25) is 14.4 Å². The van der Waals surface area contributed by atoms with Gasteiger partial charge in [-0.2, -0.15) is 0 Å². The van der Waals surface area contributed by atoms with Gasteiger partial charge in [-0.05, 0) is 78.7 Å². The first-order valence-corrected chi connectivity index (χ1v) is 14.6. The molecule has 1 aromatic heterocycles. The van der Waals surface area contributed by atoms with Gasteiger partial charge in [-0.15, -0.1) is 0 Å². The average molecular weight is 649 g/mol. The second kappa shape index (κ2) is 11.9. The molecule has 0 radical (unpaired) electrons. The normalized spacial score (nSPS) is 12.4. The van der Waals surface area contributed by atoms with Crippen LogP contribution < -0.4 is 9.64 Å². The number of esters is 1. The fourth-order valence-electron chi connectivity index (χ4n) is 5.22. The molecule has 0 atom stereocenters. The topological polar surface area (TPSA) is 103 Å². The molecule has 0 aliphatic carbocycles. The SMILES string of the molecule is CCc1cc(Br)cc2c(C(=O)OCC(=O)c3ccc(OC)cc3)cc(-c3ccc(N4C(=O)c5ccccc5C4=O)cc3)nc12. The molecule has 8 nitrogen and oxygen atoms in total. The summed E-state index contributed by atoms with van der Waals surface area (Å²) in [5, 5.41) is 0.588. The van der Waals surface area contributed by atoms with Crippen molar-refractivity contribution in [1.82, 2.24) is 4.98 Å². The molecule has 9 heteroatoms. The molecule has 0 N–H and O–H groups in total. The van der Waals surface area contributed by atoms with Crippen LogP contribution in [0.2, 0.25) is 0 Å². The zero-order valence-electron chi connectivity index (χ0n) is 23.8. The number of hydrogen-bond donors (Lipinski definition) is 0. The Morgan fingerprint density at radius 1 is 0.864 bits per heavy atom. The van der Waals surface area contributed by atoms with Gasteiger partial charge in [-0.25, -0.2) is 14.7 Å². The van der Waals surface area contributed by atoms with Crippen molar-refractivity contribution in [3.63, 3.8) is 0 Å². The number of ether oxygens (including phenoxy) is 2. The summed E-state index contributed by atoms with van der Waals surface area (Å²) < 4.78 is 11.4. The summed E-state index contributed by atoms with van der Waals surface area (Å²) in [4.78, 5) is 58.2. The summed E-state index contributed by atoms with van der Waals surface area (Å²) in [5.41, 5.74) is 4.52. The number of methoxy groups -OCH3 is 1. The number of carbonyl (C=O) groups excluding carboxylic acids is 4. The molecule has 2 heterocycles. The molecule has 2 amide bonds. The minimum atomic E-state index is -0.664. The van der Waals surface area contributed by atoms with Crippen molar-refractivity contribution in [1.29, 1.82) is 0 Å². The van der Waals surface area contributed by atoms with Crippen LogP contribution in [-0.4, -0.2) is 42.3 Å². The predicted molar refractivity (Wildman–Crippen MR) is 169 cm³/mol. The van der Waals surface area contributed by atoms with E-state index in [9.17, 15) is 19.2 Å². The van der Waals surface area contributed by atoms with Crippen LogP contribution in [-0.2, 0) is 11.2 Å². The number of aryl methyl sites for hydroxylation is 1. The van der Waals surface area contributed by atoms with Crippen LogP contribution >= 0.6 is 15.9 Å². The number of pyridine rings is 1. The number of anilines is 1. The highest BCUT2D eigenvalue weighted by Gasteiger charge is 2.36. The molecular weight excluding hydrogens is 624 g/mol. The number of Topliss-reactive ketones (excluding diaryl/α,β-unsaturated/α-hetero) is 1. The summed E-state index contributed by atoms with van der Waals surface area (Å²) >= 11 is 3.53. The molecule has 0 saturated heterocycles. The second-order valence-electron chi connectivity index (χ2n) is 10.1. The first-order valence-electron chi connectivity index (χ1n) is 13.8. The van der Waals surface area contributed by atoms with Crippen molar-refractivity contribution >= 4 is 56.1 Å². The quantitative estimate of drug-likeness (QED) is 0.101. The third kappa shape index (κ3) is 5.26. The molecular formula is C35H25BrN2O6. The molecule has 4 aromatic carbocycles. The summed E-state index contributed by atoms with van der Waals surface area (Å²) in [6, 6.07) is 25.5. The third-order valence-electron chi connectivity index (χ3n) is 7.52. The summed E-state index contributed by atoms with van der Waals surface area (Å²) in [6.45, 7) is 1.56. The Labute approximate surface area is 261 Å². The van der Waals surface area contributed by atoms with Gasteiger partial charge in [0.05, 0.1) is 40.7 Å². The second-order valence-corrected chi connectivity index (χ2v) is 11.1. The van der Waals surface area contributed by atoms with Gasteiger partial charge >= 0.3 is 5.97 Å². The molecule has 218 valence electrons. The van der Waals surface area contributed by atoms with E-state index >= 15 is 0 Å². The first-order chi connectivity index (χ1) is 21.3. The fraction of sp³-hybridized carbons (Fsp3) is 0.114. The van der Waals surface area contributed by atoms with Crippen molar-refractivity contribution < 1.29 is 28.7 Å². The Kier molecular flexibility index (Phi) is 7.80. The molecule has 0 saturated carbocycles. The lowest BCUT2D eigenvalue weighted by Gasteiger charge is -2.15. The maximum Gasteiger partial charge on any atom is 0.339 e. The zero-order chi connectivity index (χ0) is 31.0. The van der Waals surface area contributed by atoms with E-state index in [2.05, 4.69) is 15.9 Å². The predicted octanol–water partition coefficient (Wildman–Crippen LogP) is 7.08. The zero-order valence-corrected chi connectivity index (χ0v) is 25.4. The molecule has 1 aliphatic rings. The Hall–Kier alpha value is -5.15. The van der Waals surface area contributed by atoms with Crippen molar-refractivity contribution in [3.8, 4) is 17.0 Å². The van der Waals surface area contributed by atoms with Crippen molar-refractivity contribution in [2.24, 2.45) is 0 Å². The van der Waals surface area contributed by atoms with E-state index in [1.807, 2.05) is 13.0 Å². The Bertz CT molecular complexity index is 1930. The van der Waals surface area contributed by atoms with Gasteiger partial charge in [0, 0.05) is 21.0 Å². The van der Waals surface area contributed by atoms with Gasteiger partial charge in [-0.1, -0.05) is 47.1 Å². The van der Waals surface area contributed by atoms with E-state index in [0.29, 0.717) is 56.7 Å². The average Bonchev–Trinajstić information content (AvgIpc) is 3.31. The number of imide groups is 1. The maximum atomic E-state index is 13.5. The molecule has 0 spiro atoms. The van der Waals surface area contributed by atoms with E-state index in [1.54, 1.807) is 84.9 Å². The van der Waals surface area contributed by atoms with E-state index in [4.69, 9.17) is 14.5 Å². The van der Waals surface area contributed by atoms with E-state index < -0.39 is 12.6 Å². The molecule has 0 unspecified atom stereocenters. The molecule has 5 aromatic rings. The highest BCUT2D eigenvalue weighted by Crippen LogP contribution is 2.33. The third-order valence-corrected chi connectivity index (χ3v) is 7.98. The number of hydrogen-bond acceptors (Lipinski definition) is 7. The smallest absolute Gasteiger partial charge is 0.339 e. The number of fused-ring (bicyclic) bond motifs is 2. The highest BCUT2D eigenvalue weighted by molar-refractivity contribution is 9.10. The van der Waals surface area contributed by atoms with Crippen LogP contribution in [0.3, 0.4) is 0 Å². The minimum Gasteiger partial charge on any atom is -0.497 e. The van der Waals surface area contributed by atoms with Crippen molar-refractivity contribution in [3.05, 3.63) is 123 Å². The number of ketones is 1. The van der Waals surface area contributed by atoms with Crippen LogP contribution in [0.15, 0.2) is 95.5 Å². The Morgan fingerprint density at radius 3 is 2.14 bits per heavy atom. The molecule has 44 heavy (non-hydrogen) atoms. The van der Waals surface area contributed by atoms with Gasteiger partial charge in [0.25, 0.3) is 11.8 Å². The van der Waals surface area contributed by atoms with E-state index in [-0.39, 0.29) is 23.2 Å². The summed E-state index contributed by atoms with van der Waals surface area (Å²) in [6.07, 6.45) is 0.662. The van der Waals surface area contributed by atoms with Crippen LogP contribution in [0, 0.1) is 0 Å². The lowest BCUT2D eigenvalue weighted by atomic mass is 10.0. The van der Waals surface area contributed by atoms with Crippen molar-refractivity contribution in [2.75, 3.05) is 18.6 Å². The monoisotopic (exact) mass is 648 g/mol. The molecule has 0 bridgehead atoms. The minimum absolute atomic E-state index is 0.257. The van der Waals surface area contributed by atoms with Crippen LogP contribution in [0.4, 0.5) is 5.69 Å². The highest BCUT2D eigenvalue weighted by atomic mass is 79.9. The van der Waals surface area contributed by atoms with E-state index in [1.165, 1.54) is 7.11 Å². The molecule has 1 aliphatic heterocycles. The molecule has 6 rings (SSSR count). The Morgan fingerprint density at radius 2 is 1.52 bits per heavy atom. The summed E-state index contributed by atoms with van der Waals surface area (Å²) in [7, 11) is 1.54. The Balaban J connectivity index is 1.33. The van der Waals surface area contributed by atoms with Gasteiger partial charge < -0.3 is 9.47 Å². The lowest BCUT2D eigenvalue weighted by Crippen LogP contribution is -2.29. The standard InChI is InChI=1S/C35H25BrN2O6/c1-3-20-16-23(36)17-28-29(35(42)44-19-31(39)22-10-14-25(43-2)15-11-22)18-30(37-32(20)28)21-8-12-24(13-9-21)38-33(40)26-6-4-5-7-27(26)34(38)41/h4-18H,3,19H2,1-2H3. The van der Waals surface area contributed by atoms with Crippen LogP contribution in [0.1, 0.15) is 53.9 Å². The lowest BCUT2D eigenvalue weighted by molar-refractivity contribution is 0.0476. The number of rotatable bonds is 8. The fourth-order valence-corrected chi connectivity index (χ4v) is 5.73. The van der Waals surface area contributed by atoms with Gasteiger partial charge in [0.1, 0.15) is 5.75 Å². The van der Waals surface area contributed by atoms with Crippen LogP contribution in [0.25, 0.3) is 22.2 Å². The number of carbonyl (C=O) groups is 4. The van der Waals surface area contributed by atoms with E-state index in [0.717, 1.165) is 14.9 Å². The molecule has 0 fully saturated rings. The number of nitrogens with zero attached hydrogens (tertiary/aromatic N) is 2. The number of halogens is 1. The number of amides is 2. The van der Waals surface area contributed by atoms with Crippen LogP contribution in [0.5, 0.6) is 5.75 Å². The largest absolute Gasteiger partial charge is 0.497 e.